The van der Waals surface area contributed by atoms with E-state index in [9.17, 15) is 9.90 Å². The minimum Gasteiger partial charge on any atom is -0.396 e. The second-order valence-electron chi connectivity index (χ2n) is 6.55. The first-order chi connectivity index (χ1) is 12.8. The minimum absolute atomic E-state index is 0.0186. The highest BCUT2D eigenvalue weighted by Crippen LogP contribution is 2.24. The smallest absolute Gasteiger partial charge is 0.254 e. The number of aromatic nitrogens is 6. The SMILES string of the molecule is O=C(c1ccc2c(c1)ncn2CCc1nnn[nH]1)N1CCCC1CCO. The van der Waals surface area contributed by atoms with Gasteiger partial charge in [0.05, 0.1) is 17.4 Å². The quantitative estimate of drug-likeness (QED) is 0.676. The molecule has 0 bridgehead atoms. The number of aliphatic hydroxyl groups is 1. The van der Waals surface area contributed by atoms with Crippen molar-refractivity contribution in [2.75, 3.05) is 13.2 Å². The molecule has 26 heavy (non-hydrogen) atoms. The van der Waals surface area contributed by atoms with Gasteiger partial charge < -0.3 is 14.6 Å². The number of rotatable bonds is 6. The summed E-state index contributed by atoms with van der Waals surface area (Å²) >= 11 is 0. The van der Waals surface area contributed by atoms with Gasteiger partial charge in [0, 0.05) is 37.7 Å². The topological polar surface area (TPSA) is 113 Å². The maximum absolute atomic E-state index is 12.8. The molecule has 0 radical (unpaired) electrons. The molecule has 1 unspecified atom stereocenters. The number of H-pyrrole nitrogens is 1. The Kier molecular flexibility index (Phi) is 4.61. The first-order valence-electron chi connectivity index (χ1n) is 8.85. The highest BCUT2D eigenvalue weighted by atomic mass is 16.3. The number of fused-ring (bicyclic) bond motifs is 1. The van der Waals surface area contributed by atoms with Gasteiger partial charge in [0.15, 0.2) is 0 Å². The largest absolute Gasteiger partial charge is 0.396 e. The van der Waals surface area contributed by atoms with Gasteiger partial charge >= 0.3 is 0 Å². The van der Waals surface area contributed by atoms with Gasteiger partial charge in [0.2, 0.25) is 0 Å². The molecule has 3 aromatic rings. The van der Waals surface area contributed by atoms with Crippen LogP contribution in [-0.4, -0.2) is 65.3 Å². The van der Waals surface area contributed by atoms with Crippen LogP contribution in [-0.2, 0) is 13.0 Å². The number of likely N-dealkylation sites (tertiary alicyclic amines) is 1. The fraction of sp³-hybridized carbons (Fsp3) is 0.471. The zero-order valence-corrected chi connectivity index (χ0v) is 14.4. The molecule has 136 valence electrons. The molecular weight excluding hydrogens is 334 g/mol. The molecule has 0 saturated carbocycles. The van der Waals surface area contributed by atoms with Crippen molar-refractivity contribution in [2.24, 2.45) is 0 Å². The predicted molar refractivity (Wildman–Crippen MR) is 93.4 cm³/mol. The van der Waals surface area contributed by atoms with Crippen molar-refractivity contribution < 1.29 is 9.90 Å². The monoisotopic (exact) mass is 355 g/mol. The highest BCUT2D eigenvalue weighted by molar-refractivity contribution is 5.97. The summed E-state index contributed by atoms with van der Waals surface area (Å²) in [4.78, 5) is 19.2. The first kappa shape index (κ1) is 16.6. The zero-order valence-electron chi connectivity index (χ0n) is 14.4. The Hall–Kier alpha value is -2.81. The maximum atomic E-state index is 12.8. The van der Waals surface area contributed by atoms with Crippen LogP contribution in [0.3, 0.4) is 0 Å². The van der Waals surface area contributed by atoms with Crippen molar-refractivity contribution in [3.63, 3.8) is 0 Å². The third-order valence-corrected chi connectivity index (χ3v) is 4.95. The van der Waals surface area contributed by atoms with Crippen LogP contribution in [0, 0.1) is 0 Å². The predicted octanol–water partition coefficient (Wildman–Crippen LogP) is 0.779. The molecule has 0 spiro atoms. The van der Waals surface area contributed by atoms with E-state index in [1.165, 1.54) is 0 Å². The summed E-state index contributed by atoms with van der Waals surface area (Å²) in [6.45, 7) is 1.56. The summed E-state index contributed by atoms with van der Waals surface area (Å²) in [6, 6.07) is 5.77. The third-order valence-electron chi connectivity index (χ3n) is 4.95. The number of nitrogens with zero attached hydrogens (tertiary/aromatic N) is 6. The number of carbonyl (C=O) groups is 1. The van der Waals surface area contributed by atoms with E-state index in [0.29, 0.717) is 24.9 Å². The van der Waals surface area contributed by atoms with Gasteiger partial charge in [-0.15, -0.1) is 5.10 Å². The summed E-state index contributed by atoms with van der Waals surface area (Å²) in [7, 11) is 0. The van der Waals surface area contributed by atoms with Crippen molar-refractivity contribution in [1.29, 1.82) is 0 Å². The second-order valence-corrected chi connectivity index (χ2v) is 6.55. The summed E-state index contributed by atoms with van der Waals surface area (Å²) in [5, 5.41) is 23.0. The third kappa shape index (κ3) is 3.17. The lowest BCUT2D eigenvalue weighted by molar-refractivity contribution is 0.0716. The van der Waals surface area contributed by atoms with Crippen LogP contribution in [0.5, 0.6) is 0 Å². The molecule has 1 aromatic carbocycles. The van der Waals surface area contributed by atoms with Gasteiger partial charge in [0.1, 0.15) is 5.82 Å². The summed E-state index contributed by atoms with van der Waals surface area (Å²) in [5.74, 6) is 0.743. The molecule has 0 aliphatic carbocycles. The van der Waals surface area contributed by atoms with E-state index in [4.69, 9.17) is 0 Å². The van der Waals surface area contributed by atoms with Crippen LogP contribution in [0.25, 0.3) is 11.0 Å². The normalized spacial score (nSPS) is 17.3. The van der Waals surface area contributed by atoms with Crippen LogP contribution in [0.1, 0.15) is 35.4 Å². The van der Waals surface area contributed by atoms with Gasteiger partial charge in [-0.25, -0.2) is 10.1 Å². The number of hydrogen-bond donors (Lipinski definition) is 2. The van der Waals surface area contributed by atoms with E-state index in [2.05, 4.69) is 25.6 Å². The van der Waals surface area contributed by atoms with Crippen molar-refractivity contribution >= 4 is 16.9 Å². The van der Waals surface area contributed by atoms with Gasteiger partial charge in [0.25, 0.3) is 5.91 Å². The fourth-order valence-corrected chi connectivity index (χ4v) is 3.60. The molecule has 4 rings (SSSR count). The average Bonchev–Trinajstić information content (AvgIpc) is 3.40. The minimum atomic E-state index is 0.0186. The van der Waals surface area contributed by atoms with Gasteiger partial charge in [-0.1, -0.05) is 0 Å². The molecule has 1 aliphatic heterocycles. The Morgan fingerprint density at radius 1 is 1.38 bits per heavy atom. The number of benzene rings is 1. The molecular formula is C17H21N7O2. The number of imidazole rings is 1. The van der Waals surface area contributed by atoms with Gasteiger partial charge in [-0.05, 0) is 47.9 Å². The lowest BCUT2D eigenvalue weighted by Crippen LogP contribution is -2.36. The molecule has 9 nitrogen and oxygen atoms in total. The zero-order chi connectivity index (χ0) is 17.9. The number of aromatic amines is 1. The molecule has 1 fully saturated rings. The molecule has 2 aromatic heterocycles. The molecule has 1 amide bonds. The van der Waals surface area contributed by atoms with Gasteiger partial charge in [-0.2, -0.15) is 0 Å². The number of amides is 1. The number of carbonyl (C=O) groups excluding carboxylic acids is 1. The van der Waals surface area contributed by atoms with E-state index in [0.717, 1.165) is 36.2 Å². The number of aliphatic hydroxyl groups excluding tert-OH is 1. The molecule has 9 heteroatoms. The standard InChI is InChI=1S/C17H21N7O2/c25-9-6-13-2-1-7-24(13)17(26)12-3-4-15-14(10-12)18-11-23(15)8-5-16-19-21-22-20-16/h3-4,10-11,13,25H,1-2,5-9H2,(H,19,20,21,22). The van der Waals surface area contributed by atoms with Crippen LogP contribution >= 0.6 is 0 Å². The Bertz CT molecular complexity index is 890. The van der Waals surface area contributed by atoms with Crippen LogP contribution in [0.4, 0.5) is 0 Å². The van der Waals surface area contributed by atoms with Crippen molar-refractivity contribution in [3.8, 4) is 0 Å². The lowest BCUT2D eigenvalue weighted by atomic mass is 10.1. The van der Waals surface area contributed by atoms with E-state index in [1.807, 2.05) is 27.7 Å². The van der Waals surface area contributed by atoms with E-state index < -0.39 is 0 Å². The average molecular weight is 355 g/mol. The second kappa shape index (κ2) is 7.20. The Labute approximate surface area is 150 Å². The number of nitrogens with one attached hydrogen (secondary N) is 1. The highest BCUT2D eigenvalue weighted by Gasteiger charge is 2.29. The van der Waals surface area contributed by atoms with Crippen LogP contribution in [0.15, 0.2) is 24.5 Å². The van der Waals surface area contributed by atoms with E-state index >= 15 is 0 Å². The number of hydrogen-bond acceptors (Lipinski definition) is 6. The lowest BCUT2D eigenvalue weighted by Gasteiger charge is -2.24. The molecule has 2 N–H and O–H groups in total. The molecule has 1 saturated heterocycles. The Morgan fingerprint density at radius 3 is 3.12 bits per heavy atom. The van der Waals surface area contributed by atoms with Crippen LogP contribution in [0.2, 0.25) is 0 Å². The Morgan fingerprint density at radius 2 is 2.31 bits per heavy atom. The van der Waals surface area contributed by atoms with Crippen LogP contribution < -0.4 is 0 Å². The number of tetrazole rings is 1. The maximum Gasteiger partial charge on any atom is 0.254 e. The Balaban J connectivity index is 1.52. The summed E-state index contributed by atoms with van der Waals surface area (Å²) < 4.78 is 2.02. The molecule has 1 atom stereocenters. The molecule has 3 heterocycles. The van der Waals surface area contributed by atoms with Crippen molar-refractivity contribution in [1.82, 2.24) is 35.1 Å². The first-order valence-corrected chi connectivity index (χ1v) is 8.85. The van der Waals surface area contributed by atoms with E-state index in [-0.39, 0.29) is 18.6 Å². The van der Waals surface area contributed by atoms with Crippen molar-refractivity contribution in [3.05, 3.63) is 35.9 Å². The van der Waals surface area contributed by atoms with Gasteiger partial charge in [-0.3, -0.25) is 4.79 Å². The number of aryl methyl sites for hydroxylation is 2. The summed E-state index contributed by atoms with van der Waals surface area (Å²) in [6.07, 6.45) is 5.03. The fourth-order valence-electron chi connectivity index (χ4n) is 3.60. The molecule has 1 aliphatic rings. The summed E-state index contributed by atoms with van der Waals surface area (Å²) in [5.41, 5.74) is 2.42. The van der Waals surface area contributed by atoms with E-state index in [1.54, 1.807) is 6.33 Å². The van der Waals surface area contributed by atoms with Crippen molar-refractivity contribution in [2.45, 2.75) is 38.3 Å².